The lowest BCUT2D eigenvalue weighted by Crippen LogP contribution is -2.37. The number of Topliss-reactive ketones (excluding diaryl/α,β-unsaturated/α-hetero) is 1. The number of nitrogen functional groups attached to an aromatic ring is 1. The highest BCUT2D eigenvalue weighted by Gasteiger charge is 2.09. The van der Waals surface area contributed by atoms with E-state index in [0.29, 0.717) is 11.3 Å². The lowest BCUT2D eigenvalue weighted by atomic mass is 10.1. The molecule has 0 bridgehead atoms. The maximum atomic E-state index is 11.3. The van der Waals surface area contributed by atoms with Crippen molar-refractivity contribution in [2.75, 3.05) is 50.4 Å². The summed E-state index contributed by atoms with van der Waals surface area (Å²) in [7, 11) is 0. The highest BCUT2D eigenvalue weighted by Crippen LogP contribution is 2.18. The van der Waals surface area contributed by atoms with Gasteiger partial charge in [-0.15, -0.1) is 0 Å². The lowest BCUT2D eigenvalue weighted by molar-refractivity contribution is 0.0378. The van der Waals surface area contributed by atoms with E-state index in [4.69, 9.17) is 10.5 Å². The molecule has 110 valence electrons. The van der Waals surface area contributed by atoms with Gasteiger partial charge >= 0.3 is 0 Å². The van der Waals surface area contributed by atoms with Gasteiger partial charge < -0.3 is 15.8 Å². The predicted molar refractivity (Wildman–Crippen MR) is 81.2 cm³/mol. The van der Waals surface area contributed by atoms with Crippen LogP contribution in [0.5, 0.6) is 0 Å². The minimum Gasteiger partial charge on any atom is -0.398 e. The van der Waals surface area contributed by atoms with E-state index in [1.54, 1.807) is 6.07 Å². The zero-order valence-corrected chi connectivity index (χ0v) is 12.0. The minimum atomic E-state index is 0.00127. The molecule has 1 heterocycles. The van der Waals surface area contributed by atoms with Gasteiger partial charge in [-0.3, -0.25) is 9.69 Å². The van der Waals surface area contributed by atoms with Crippen LogP contribution >= 0.6 is 0 Å². The number of nitrogens with zero attached hydrogens (tertiary/aromatic N) is 1. The van der Waals surface area contributed by atoms with E-state index < -0.39 is 0 Å². The van der Waals surface area contributed by atoms with E-state index in [1.807, 2.05) is 12.1 Å². The average molecular weight is 277 g/mol. The van der Waals surface area contributed by atoms with Gasteiger partial charge in [-0.25, -0.2) is 0 Å². The Bertz CT molecular complexity index is 456. The molecule has 0 saturated carbocycles. The zero-order valence-electron chi connectivity index (χ0n) is 12.0. The van der Waals surface area contributed by atoms with Crippen LogP contribution < -0.4 is 11.1 Å². The van der Waals surface area contributed by atoms with Gasteiger partial charge in [0.15, 0.2) is 5.78 Å². The van der Waals surface area contributed by atoms with Crippen LogP contribution in [0.3, 0.4) is 0 Å². The third-order valence-corrected chi connectivity index (χ3v) is 3.51. The van der Waals surface area contributed by atoms with Gasteiger partial charge in [0.2, 0.25) is 0 Å². The van der Waals surface area contributed by atoms with Crippen LogP contribution in [0, 0.1) is 0 Å². The van der Waals surface area contributed by atoms with E-state index in [9.17, 15) is 4.79 Å². The van der Waals surface area contributed by atoms with Crippen LogP contribution in [0.15, 0.2) is 18.2 Å². The number of carbonyl (C=O) groups is 1. The van der Waals surface area contributed by atoms with Crippen molar-refractivity contribution in [2.45, 2.75) is 13.3 Å². The summed E-state index contributed by atoms with van der Waals surface area (Å²) in [5.74, 6) is 0.00127. The largest absolute Gasteiger partial charge is 0.398 e. The summed E-state index contributed by atoms with van der Waals surface area (Å²) in [5, 5.41) is 3.34. The second-order valence-corrected chi connectivity index (χ2v) is 5.09. The third-order valence-electron chi connectivity index (χ3n) is 3.51. The topological polar surface area (TPSA) is 67.6 Å². The fraction of sp³-hybridized carbons (Fsp3) is 0.533. The summed E-state index contributed by atoms with van der Waals surface area (Å²) >= 11 is 0. The Kier molecular flexibility index (Phi) is 5.38. The number of anilines is 2. The van der Waals surface area contributed by atoms with Gasteiger partial charge in [-0.2, -0.15) is 0 Å². The molecule has 1 fully saturated rings. The number of hydrogen-bond donors (Lipinski definition) is 2. The van der Waals surface area contributed by atoms with Gasteiger partial charge in [-0.1, -0.05) is 0 Å². The molecule has 1 aliphatic rings. The van der Waals surface area contributed by atoms with Gasteiger partial charge in [-0.05, 0) is 38.1 Å². The van der Waals surface area contributed by atoms with Crippen LogP contribution in [0.4, 0.5) is 11.4 Å². The third kappa shape index (κ3) is 4.21. The molecular weight excluding hydrogens is 254 g/mol. The first-order chi connectivity index (χ1) is 9.66. The zero-order chi connectivity index (χ0) is 14.4. The molecule has 0 amide bonds. The van der Waals surface area contributed by atoms with Crippen LogP contribution in [0.1, 0.15) is 23.7 Å². The molecule has 0 atom stereocenters. The van der Waals surface area contributed by atoms with Crippen molar-refractivity contribution in [3.05, 3.63) is 23.8 Å². The Balaban J connectivity index is 1.73. The van der Waals surface area contributed by atoms with E-state index in [0.717, 1.165) is 51.5 Å². The molecule has 3 N–H and O–H groups in total. The van der Waals surface area contributed by atoms with E-state index >= 15 is 0 Å². The first-order valence-electron chi connectivity index (χ1n) is 7.11. The number of nitrogens with two attached hydrogens (primary N) is 1. The number of benzene rings is 1. The number of nitrogens with one attached hydrogen (secondary N) is 1. The molecule has 5 nitrogen and oxygen atoms in total. The van der Waals surface area contributed by atoms with Crippen molar-refractivity contribution in [1.29, 1.82) is 0 Å². The molecule has 0 radical (unpaired) electrons. The Morgan fingerprint density at radius 1 is 1.40 bits per heavy atom. The van der Waals surface area contributed by atoms with Gasteiger partial charge in [0.25, 0.3) is 0 Å². The van der Waals surface area contributed by atoms with Gasteiger partial charge in [0, 0.05) is 36.6 Å². The molecule has 1 aliphatic heterocycles. The van der Waals surface area contributed by atoms with Crippen molar-refractivity contribution in [3.63, 3.8) is 0 Å². The van der Waals surface area contributed by atoms with Crippen LogP contribution in [0.25, 0.3) is 0 Å². The lowest BCUT2D eigenvalue weighted by Gasteiger charge is -2.26. The van der Waals surface area contributed by atoms with Crippen LogP contribution in [-0.4, -0.2) is 50.1 Å². The molecule has 5 heteroatoms. The summed E-state index contributed by atoms with van der Waals surface area (Å²) < 4.78 is 5.32. The summed E-state index contributed by atoms with van der Waals surface area (Å²) in [4.78, 5) is 13.7. The summed E-state index contributed by atoms with van der Waals surface area (Å²) in [6.45, 7) is 7.25. The van der Waals surface area contributed by atoms with Gasteiger partial charge in [0.05, 0.1) is 13.2 Å². The Hall–Kier alpha value is -1.59. The first kappa shape index (κ1) is 14.8. The fourth-order valence-electron chi connectivity index (χ4n) is 2.35. The number of hydrogen-bond acceptors (Lipinski definition) is 5. The predicted octanol–water partition coefficient (Wildman–Crippen LogP) is 1.61. The molecule has 0 spiro atoms. The molecule has 0 aromatic heterocycles. The van der Waals surface area contributed by atoms with Crippen molar-refractivity contribution < 1.29 is 9.53 Å². The Morgan fingerprint density at radius 3 is 2.80 bits per heavy atom. The SMILES string of the molecule is CC(=O)c1ccc(NCCCN2CCOCC2)cc1N. The number of ketones is 1. The maximum absolute atomic E-state index is 11.3. The van der Waals surface area contributed by atoms with Gasteiger partial charge in [0.1, 0.15) is 0 Å². The fourth-order valence-corrected chi connectivity index (χ4v) is 2.35. The van der Waals surface area contributed by atoms with E-state index in [1.165, 1.54) is 6.92 Å². The highest BCUT2D eigenvalue weighted by molar-refractivity contribution is 5.99. The summed E-state index contributed by atoms with van der Waals surface area (Å²) in [5.41, 5.74) is 7.95. The number of carbonyl (C=O) groups excluding carboxylic acids is 1. The minimum absolute atomic E-state index is 0.00127. The quantitative estimate of drug-likeness (QED) is 0.470. The van der Waals surface area contributed by atoms with Crippen molar-refractivity contribution in [1.82, 2.24) is 4.90 Å². The smallest absolute Gasteiger partial charge is 0.161 e. The van der Waals surface area contributed by atoms with Crippen LogP contribution in [-0.2, 0) is 4.74 Å². The second-order valence-electron chi connectivity index (χ2n) is 5.09. The van der Waals surface area contributed by atoms with E-state index in [-0.39, 0.29) is 5.78 Å². The molecule has 0 unspecified atom stereocenters. The Labute approximate surface area is 120 Å². The summed E-state index contributed by atoms with van der Waals surface area (Å²) in [6, 6.07) is 5.51. The monoisotopic (exact) mass is 277 g/mol. The molecule has 1 aromatic carbocycles. The average Bonchev–Trinajstić information content (AvgIpc) is 2.44. The number of morpholine rings is 1. The van der Waals surface area contributed by atoms with Crippen molar-refractivity contribution in [2.24, 2.45) is 0 Å². The van der Waals surface area contributed by atoms with Crippen LogP contribution in [0.2, 0.25) is 0 Å². The molecule has 20 heavy (non-hydrogen) atoms. The second kappa shape index (κ2) is 7.26. The summed E-state index contributed by atoms with van der Waals surface area (Å²) in [6.07, 6.45) is 1.08. The maximum Gasteiger partial charge on any atom is 0.161 e. The molecule has 0 aliphatic carbocycles. The number of ether oxygens (including phenoxy) is 1. The van der Waals surface area contributed by atoms with E-state index in [2.05, 4.69) is 10.2 Å². The Morgan fingerprint density at radius 2 is 2.15 bits per heavy atom. The van der Waals surface area contributed by atoms with Crippen molar-refractivity contribution >= 4 is 17.2 Å². The highest BCUT2D eigenvalue weighted by atomic mass is 16.5. The number of rotatable bonds is 6. The van der Waals surface area contributed by atoms with Crippen molar-refractivity contribution in [3.8, 4) is 0 Å². The molecule has 1 aromatic rings. The first-order valence-corrected chi connectivity index (χ1v) is 7.11. The molecule has 2 rings (SSSR count). The molecular formula is C15H23N3O2. The normalized spacial score (nSPS) is 16.1. The standard InChI is InChI=1S/C15H23N3O2/c1-12(19)14-4-3-13(11-15(14)16)17-5-2-6-18-7-9-20-10-8-18/h3-4,11,17H,2,5-10,16H2,1H3. The molecule has 1 saturated heterocycles.